The van der Waals surface area contributed by atoms with E-state index in [1.165, 1.54) is 12.1 Å². The molecule has 146 valence electrons. The van der Waals surface area contributed by atoms with Gasteiger partial charge >= 0.3 is 0 Å². The predicted molar refractivity (Wildman–Crippen MR) is 119 cm³/mol. The van der Waals surface area contributed by atoms with Crippen molar-refractivity contribution >= 4 is 23.5 Å². The number of aromatic nitrogens is 4. The van der Waals surface area contributed by atoms with E-state index in [4.69, 9.17) is 4.98 Å². The van der Waals surface area contributed by atoms with Crippen LogP contribution in [-0.4, -0.2) is 32.0 Å². The molecule has 7 heteroatoms. The summed E-state index contributed by atoms with van der Waals surface area (Å²) < 4.78 is 15.5. The quantitative estimate of drug-likeness (QED) is 0.301. The van der Waals surface area contributed by atoms with Crippen LogP contribution in [0.3, 0.4) is 0 Å². The van der Waals surface area contributed by atoms with Gasteiger partial charge in [0, 0.05) is 29.3 Å². The number of imidazole rings is 1. The second kappa shape index (κ2) is 8.39. The highest BCUT2D eigenvalue weighted by atomic mass is 32.2. The third-order valence-corrected chi connectivity index (χ3v) is 6.05. The monoisotopic (exact) mass is 422 g/mol. The van der Waals surface area contributed by atoms with Crippen LogP contribution in [0, 0.1) is 5.82 Å². The van der Waals surface area contributed by atoms with E-state index in [9.17, 15) is 4.39 Å². The van der Waals surface area contributed by atoms with Gasteiger partial charge in [-0.05, 0) is 48.9 Å². The highest BCUT2D eigenvalue weighted by molar-refractivity contribution is 7.98. The van der Waals surface area contributed by atoms with Crippen LogP contribution in [0.15, 0.2) is 70.7 Å². The van der Waals surface area contributed by atoms with E-state index in [1.54, 1.807) is 41.9 Å². The third-order valence-electron chi connectivity index (χ3n) is 4.61. The molecular formula is C22H19FN4S2. The number of hydrogen-bond donors (Lipinski definition) is 0. The summed E-state index contributed by atoms with van der Waals surface area (Å²) in [6.07, 6.45) is 5.79. The first-order chi connectivity index (χ1) is 14.1. The Morgan fingerprint density at radius 2 is 1.66 bits per heavy atom. The summed E-state index contributed by atoms with van der Waals surface area (Å²) in [6.45, 7) is 0. The number of hydrogen-bond acceptors (Lipinski definition) is 5. The Labute approximate surface area is 177 Å². The van der Waals surface area contributed by atoms with Gasteiger partial charge in [0.15, 0.2) is 5.82 Å². The second-order valence-electron chi connectivity index (χ2n) is 6.32. The largest absolute Gasteiger partial charge is 0.324 e. The molecule has 0 spiro atoms. The minimum atomic E-state index is -0.278. The predicted octanol–water partition coefficient (Wildman–Crippen LogP) is 5.79. The fourth-order valence-electron chi connectivity index (χ4n) is 3.20. The number of nitrogens with zero attached hydrogens (tertiary/aromatic N) is 4. The van der Waals surface area contributed by atoms with Crippen molar-refractivity contribution in [2.45, 2.75) is 9.92 Å². The second-order valence-corrected chi connectivity index (χ2v) is 8.00. The lowest BCUT2D eigenvalue weighted by molar-refractivity contribution is 0.628. The molecule has 0 unspecified atom stereocenters. The van der Waals surface area contributed by atoms with Crippen molar-refractivity contribution in [2.75, 3.05) is 12.5 Å². The average Bonchev–Trinajstić information content (AvgIpc) is 3.11. The number of benzene rings is 2. The number of rotatable bonds is 5. The molecule has 0 N–H and O–H groups in total. The molecule has 0 aliphatic carbocycles. The van der Waals surface area contributed by atoms with Gasteiger partial charge < -0.3 is 4.57 Å². The van der Waals surface area contributed by atoms with Crippen molar-refractivity contribution in [1.29, 1.82) is 0 Å². The molecule has 0 aliphatic rings. The van der Waals surface area contributed by atoms with Gasteiger partial charge in [0.05, 0.1) is 5.03 Å². The lowest BCUT2D eigenvalue weighted by Crippen LogP contribution is -2.00. The van der Waals surface area contributed by atoms with Crippen LogP contribution >= 0.6 is 23.5 Å². The lowest BCUT2D eigenvalue weighted by atomic mass is 10.1. The summed E-state index contributed by atoms with van der Waals surface area (Å²) in [5.74, 6) is 1.14. The van der Waals surface area contributed by atoms with E-state index in [0.717, 1.165) is 38.3 Å². The zero-order valence-electron chi connectivity index (χ0n) is 16.3. The van der Waals surface area contributed by atoms with Gasteiger partial charge in [-0.3, -0.25) is 0 Å². The van der Waals surface area contributed by atoms with E-state index in [1.807, 2.05) is 36.1 Å². The normalized spacial score (nSPS) is 11.0. The molecule has 4 rings (SSSR count). The Morgan fingerprint density at radius 1 is 0.897 bits per heavy atom. The zero-order valence-corrected chi connectivity index (χ0v) is 17.9. The highest BCUT2D eigenvalue weighted by Gasteiger charge is 2.22. The molecule has 0 atom stereocenters. The Balaban J connectivity index is 1.99. The van der Waals surface area contributed by atoms with Crippen LogP contribution in [0.4, 0.5) is 4.39 Å². The number of thioether (sulfide) groups is 2. The Kier molecular flexibility index (Phi) is 5.69. The molecule has 29 heavy (non-hydrogen) atoms. The van der Waals surface area contributed by atoms with Crippen molar-refractivity contribution in [3.8, 4) is 34.2 Å². The number of halogens is 1. The highest BCUT2D eigenvalue weighted by Crippen LogP contribution is 2.37. The summed E-state index contributed by atoms with van der Waals surface area (Å²) in [6, 6.07) is 16.4. The van der Waals surface area contributed by atoms with Crippen molar-refractivity contribution in [3.63, 3.8) is 0 Å². The standard InChI is InChI=1S/C22H19FN4S2/c1-27-20(21-24-13-12-18(25-21)29-3)19(14-8-10-15(23)11-9-14)26-22(27)16-6-4-5-7-17(16)28-2/h4-13H,1-3H3. The first-order valence-corrected chi connectivity index (χ1v) is 11.4. The molecule has 0 radical (unpaired) electrons. The van der Waals surface area contributed by atoms with Crippen molar-refractivity contribution in [1.82, 2.24) is 19.5 Å². The van der Waals surface area contributed by atoms with Crippen molar-refractivity contribution in [2.24, 2.45) is 7.05 Å². The molecule has 2 aromatic heterocycles. The van der Waals surface area contributed by atoms with Crippen LogP contribution in [0.2, 0.25) is 0 Å². The van der Waals surface area contributed by atoms with Gasteiger partial charge in [0.2, 0.25) is 0 Å². The first kappa shape index (κ1) is 19.7. The molecule has 4 aromatic rings. The summed E-state index contributed by atoms with van der Waals surface area (Å²) in [5, 5.41) is 0.882. The molecule has 0 fully saturated rings. The molecule has 2 aromatic carbocycles. The van der Waals surface area contributed by atoms with Crippen molar-refractivity contribution in [3.05, 3.63) is 66.6 Å². The van der Waals surface area contributed by atoms with Gasteiger partial charge in [0.1, 0.15) is 23.0 Å². The van der Waals surface area contributed by atoms with Gasteiger partial charge in [-0.1, -0.05) is 18.2 Å². The van der Waals surface area contributed by atoms with E-state index < -0.39 is 0 Å². The summed E-state index contributed by atoms with van der Waals surface area (Å²) in [5.41, 5.74) is 3.40. The molecular weight excluding hydrogens is 403 g/mol. The van der Waals surface area contributed by atoms with Crippen LogP contribution < -0.4 is 0 Å². The molecule has 4 nitrogen and oxygen atoms in total. The average molecular weight is 423 g/mol. The fraction of sp³-hybridized carbons (Fsp3) is 0.136. The summed E-state index contributed by atoms with van der Waals surface area (Å²) in [4.78, 5) is 15.3. The summed E-state index contributed by atoms with van der Waals surface area (Å²) in [7, 11) is 1.97. The topological polar surface area (TPSA) is 43.6 Å². The van der Waals surface area contributed by atoms with Crippen LogP contribution in [0.1, 0.15) is 0 Å². The summed E-state index contributed by atoms with van der Waals surface area (Å²) >= 11 is 3.24. The molecule has 0 bridgehead atoms. The lowest BCUT2D eigenvalue weighted by Gasteiger charge is -2.09. The van der Waals surface area contributed by atoms with E-state index in [-0.39, 0.29) is 5.82 Å². The van der Waals surface area contributed by atoms with Gasteiger partial charge in [-0.2, -0.15) is 0 Å². The van der Waals surface area contributed by atoms with E-state index >= 15 is 0 Å². The van der Waals surface area contributed by atoms with Crippen LogP contribution in [-0.2, 0) is 7.05 Å². The van der Waals surface area contributed by atoms with Gasteiger partial charge in [0.25, 0.3) is 0 Å². The first-order valence-electron chi connectivity index (χ1n) is 8.96. The maximum atomic E-state index is 13.5. The van der Waals surface area contributed by atoms with Gasteiger partial charge in [-0.25, -0.2) is 19.3 Å². The molecule has 2 heterocycles. The Bertz CT molecular complexity index is 1160. The smallest absolute Gasteiger partial charge is 0.179 e. The molecule has 0 aliphatic heterocycles. The molecule has 0 amide bonds. The third kappa shape index (κ3) is 3.80. The minimum absolute atomic E-state index is 0.278. The van der Waals surface area contributed by atoms with Crippen LogP contribution in [0.25, 0.3) is 34.2 Å². The van der Waals surface area contributed by atoms with Crippen LogP contribution in [0.5, 0.6) is 0 Å². The Hall–Kier alpha value is -2.64. The zero-order chi connectivity index (χ0) is 20.4. The SMILES string of the molecule is CSc1ccnc(-c2c(-c3ccc(F)cc3)nc(-c3ccccc3SC)n2C)n1. The van der Waals surface area contributed by atoms with Gasteiger partial charge in [-0.15, -0.1) is 23.5 Å². The molecule has 0 saturated carbocycles. The van der Waals surface area contributed by atoms with E-state index in [2.05, 4.69) is 28.4 Å². The van der Waals surface area contributed by atoms with E-state index in [0.29, 0.717) is 5.82 Å². The Morgan fingerprint density at radius 3 is 2.38 bits per heavy atom. The van der Waals surface area contributed by atoms with Crippen molar-refractivity contribution < 1.29 is 4.39 Å². The maximum Gasteiger partial charge on any atom is 0.179 e. The maximum absolute atomic E-state index is 13.5. The minimum Gasteiger partial charge on any atom is -0.324 e. The molecule has 0 saturated heterocycles. The fourth-order valence-corrected chi connectivity index (χ4v) is 4.17.